The second-order valence-corrected chi connectivity index (χ2v) is 5.46. The fraction of sp³-hybridized carbons (Fsp3) is 0.333. The molecule has 0 aliphatic rings. The van der Waals surface area contributed by atoms with Crippen LogP contribution in [0.15, 0.2) is 42.7 Å². The maximum absolute atomic E-state index is 12.1. The minimum Gasteiger partial charge on any atom is -0.493 e. The number of benzene rings is 1. The SMILES string of the molecule is CNCC(C)C(=O)Nc1ccc(OC)c(OCc2cccnc2)c1. The lowest BCUT2D eigenvalue weighted by Crippen LogP contribution is -2.28. The van der Waals surface area contributed by atoms with E-state index in [0.29, 0.717) is 30.3 Å². The van der Waals surface area contributed by atoms with Gasteiger partial charge in [-0.05, 0) is 25.2 Å². The number of hydrogen-bond acceptors (Lipinski definition) is 5. The Morgan fingerprint density at radius 2 is 2.12 bits per heavy atom. The van der Waals surface area contributed by atoms with Gasteiger partial charge in [0.25, 0.3) is 0 Å². The molecule has 2 N–H and O–H groups in total. The second kappa shape index (κ2) is 8.88. The normalized spacial score (nSPS) is 11.6. The number of hydrogen-bond donors (Lipinski definition) is 2. The van der Waals surface area contributed by atoms with E-state index in [1.807, 2.05) is 26.1 Å². The zero-order chi connectivity index (χ0) is 17.4. The Morgan fingerprint density at radius 3 is 2.79 bits per heavy atom. The smallest absolute Gasteiger partial charge is 0.228 e. The number of aromatic nitrogens is 1. The van der Waals surface area contributed by atoms with Crippen LogP contribution >= 0.6 is 0 Å². The molecule has 0 radical (unpaired) electrons. The zero-order valence-electron chi connectivity index (χ0n) is 14.2. The largest absolute Gasteiger partial charge is 0.493 e. The number of carbonyl (C=O) groups excluding carboxylic acids is 1. The van der Waals surface area contributed by atoms with Crippen LogP contribution in [0.1, 0.15) is 12.5 Å². The molecule has 24 heavy (non-hydrogen) atoms. The first-order valence-electron chi connectivity index (χ1n) is 7.79. The van der Waals surface area contributed by atoms with Crippen molar-refractivity contribution in [2.45, 2.75) is 13.5 Å². The summed E-state index contributed by atoms with van der Waals surface area (Å²) in [6.07, 6.45) is 3.46. The molecule has 0 aliphatic heterocycles. The van der Waals surface area contributed by atoms with E-state index in [9.17, 15) is 4.79 Å². The van der Waals surface area contributed by atoms with Crippen LogP contribution in [0.5, 0.6) is 11.5 Å². The first-order chi connectivity index (χ1) is 11.6. The van der Waals surface area contributed by atoms with E-state index in [4.69, 9.17) is 9.47 Å². The Labute approximate surface area is 142 Å². The van der Waals surface area contributed by atoms with Crippen LogP contribution in [0, 0.1) is 5.92 Å². The highest BCUT2D eigenvalue weighted by molar-refractivity contribution is 5.92. The van der Waals surface area contributed by atoms with Gasteiger partial charge in [-0.25, -0.2) is 0 Å². The highest BCUT2D eigenvalue weighted by Crippen LogP contribution is 2.31. The standard InChI is InChI=1S/C18H23N3O3/c1-13(10-19-2)18(22)21-15-6-7-16(23-3)17(9-15)24-12-14-5-4-8-20-11-14/h4-9,11,13,19H,10,12H2,1-3H3,(H,21,22). The number of ether oxygens (including phenoxy) is 2. The van der Waals surface area contributed by atoms with E-state index in [1.54, 1.807) is 37.7 Å². The minimum atomic E-state index is -0.128. The number of nitrogens with zero attached hydrogens (tertiary/aromatic N) is 1. The number of methoxy groups -OCH3 is 1. The second-order valence-electron chi connectivity index (χ2n) is 5.46. The highest BCUT2D eigenvalue weighted by Gasteiger charge is 2.13. The van der Waals surface area contributed by atoms with Crippen molar-refractivity contribution in [2.75, 3.05) is 26.0 Å². The van der Waals surface area contributed by atoms with E-state index in [0.717, 1.165) is 5.56 Å². The number of pyridine rings is 1. The van der Waals surface area contributed by atoms with Gasteiger partial charge in [0.05, 0.1) is 7.11 Å². The molecule has 0 aliphatic carbocycles. The van der Waals surface area contributed by atoms with Gasteiger partial charge in [-0.15, -0.1) is 0 Å². The van der Waals surface area contributed by atoms with Crippen molar-refractivity contribution in [3.05, 3.63) is 48.3 Å². The van der Waals surface area contributed by atoms with Crippen molar-refractivity contribution < 1.29 is 14.3 Å². The summed E-state index contributed by atoms with van der Waals surface area (Å²) in [4.78, 5) is 16.2. The van der Waals surface area contributed by atoms with Crippen LogP contribution in [0.4, 0.5) is 5.69 Å². The first kappa shape index (κ1) is 17.7. The molecular formula is C18H23N3O3. The lowest BCUT2D eigenvalue weighted by atomic mass is 10.1. The molecule has 1 amide bonds. The van der Waals surface area contributed by atoms with Crippen LogP contribution < -0.4 is 20.1 Å². The van der Waals surface area contributed by atoms with E-state index in [1.165, 1.54) is 0 Å². The molecule has 1 aromatic carbocycles. The lowest BCUT2D eigenvalue weighted by molar-refractivity contribution is -0.119. The molecule has 1 unspecified atom stereocenters. The Balaban J connectivity index is 2.08. The first-order valence-corrected chi connectivity index (χ1v) is 7.79. The summed E-state index contributed by atoms with van der Waals surface area (Å²) in [6, 6.07) is 9.12. The number of nitrogens with one attached hydrogen (secondary N) is 2. The number of carbonyl (C=O) groups is 1. The molecule has 1 aromatic heterocycles. The quantitative estimate of drug-likeness (QED) is 0.778. The number of amides is 1. The van der Waals surface area contributed by atoms with Crippen molar-refractivity contribution in [1.82, 2.24) is 10.3 Å². The minimum absolute atomic E-state index is 0.0484. The molecule has 1 heterocycles. The summed E-state index contributed by atoms with van der Waals surface area (Å²) in [5.41, 5.74) is 1.63. The highest BCUT2D eigenvalue weighted by atomic mass is 16.5. The summed E-state index contributed by atoms with van der Waals surface area (Å²) in [5.74, 6) is 1.00. The van der Waals surface area contributed by atoms with Crippen molar-refractivity contribution in [3.63, 3.8) is 0 Å². The molecule has 0 fully saturated rings. The van der Waals surface area contributed by atoms with Gasteiger partial charge in [-0.1, -0.05) is 13.0 Å². The molecule has 0 spiro atoms. The molecule has 128 valence electrons. The van der Waals surface area contributed by atoms with Gasteiger partial charge in [0, 0.05) is 42.2 Å². The van der Waals surface area contributed by atoms with Crippen molar-refractivity contribution >= 4 is 11.6 Å². The average molecular weight is 329 g/mol. The van der Waals surface area contributed by atoms with Gasteiger partial charge in [-0.3, -0.25) is 9.78 Å². The van der Waals surface area contributed by atoms with Crippen molar-refractivity contribution in [1.29, 1.82) is 0 Å². The molecule has 6 nitrogen and oxygen atoms in total. The third-order valence-electron chi connectivity index (χ3n) is 3.51. The third-order valence-corrected chi connectivity index (χ3v) is 3.51. The number of rotatable bonds is 8. The summed E-state index contributed by atoms with van der Waals surface area (Å²) in [5, 5.41) is 5.88. The third kappa shape index (κ3) is 4.96. The monoisotopic (exact) mass is 329 g/mol. The van der Waals surface area contributed by atoms with E-state index >= 15 is 0 Å². The molecule has 0 bridgehead atoms. The van der Waals surface area contributed by atoms with Crippen LogP contribution in [-0.4, -0.2) is 31.6 Å². The van der Waals surface area contributed by atoms with Crippen molar-refractivity contribution in [2.24, 2.45) is 5.92 Å². The Morgan fingerprint density at radius 1 is 1.29 bits per heavy atom. The maximum atomic E-state index is 12.1. The van der Waals surface area contributed by atoms with E-state index in [-0.39, 0.29) is 11.8 Å². The van der Waals surface area contributed by atoms with Crippen LogP contribution in [0.3, 0.4) is 0 Å². The maximum Gasteiger partial charge on any atom is 0.228 e. The van der Waals surface area contributed by atoms with Gasteiger partial charge >= 0.3 is 0 Å². The van der Waals surface area contributed by atoms with Gasteiger partial charge in [0.2, 0.25) is 5.91 Å². The average Bonchev–Trinajstić information content (AvgIpc) is 2.61. The molecule has 6 heteroatoms. The van der Waals surface area contributed by atoms with Crippen molar-refractivity contribution in [3.8, 4) is 11.5 Å². The van der Waals surface area contributed by atoms with E-state index < -0.39 is 0 Å². The van der Waals surface area contributed by atoms with Crippen LogP contribution in [0.25, 0.3) is 0 Å². The van der Waals surface area contributed by atoms with Gasteiger partial charge < -0.3 is 20.1 Å². The molecule has 2 rings (SSSR count). The Bertz CT molecular complexity index is 662. The topological polar surface area (TPSA) is 72.5 Å². The van der Waals surface area contributed by atoms with Gasteiger partial charge in [0.15, 0.2) is 11.5 Å². The van der Waals surface area contributed by atoms with E-state index in [2.05, 4.69) is 15.6 Å². The van der Waals surface area contributed by atoms with Crippen LogP contribution in [-0.2, 0) is 11.4 Å². The van der Waals surface area contributed by atoms with Crippen LogP contribution in [0.2, 0.25) is 0 Å². The predicted octanol–water partition coefficient (Wildman–Crippen LogP) is 2.46. The number of anilines is 1. The molecular weight excluding hydrogens is 306 g/mol. The predicted molar refractivity (Wildman–Crippen MR) is 93.3 cm³/mol. The van der Waals surface area contributed by atoms with Gasteiger partial charge in [0.1, 0.15) is 6.61 Å². The summed E-state index contributed by atoms with van der Waals surface area (Å²) >= 11 is 0. The molecule has 0 saturated heterocycles. The lowest BCUT2D eigenvalue weighted by Gasteiger charge is -2.15. The fourth-order valence-corrected chi connectivity index (χ4v) is 2.18. The molecule has 2 aromatic rings. The fourth-order valence-electron chi connectivity index (χ4n) is 2.18. The Hall–Kier alpha value is -2.60. The molecule has 1 atom stereocenters. The van der Waals surface area contributed by atoms with Gasteiger partial charge in [-0.2, -0.15) is 0 Å². The molecule has 0 saturated carbocycles. The summed E-state index contributed by atoms with van der Waals surface area (Å²) in [7, 11) is 3.40. The summed E-state index contributed by atoms with van der Waals surface area (Å²) < 4.78 is 11.1. The summed E-state index contributed by atoms with van der Waals surface area (Å²) in [6.45, 7) is 2.86. The Kier molecular flexibility index (Phi) is 6.57. The zero-order valence-corrected chi connectivity index (χ0v) is 14.2.